The smallest absolute Gasteiger partial charge is 0.226 e. The summed E-state index contributed by atoms with van der Waals surface area (Å²) in [6.07, 6.45) is 3.48. The van der Waals surface area contributed by atoms with Crippen molar-refractivity contribution in [3.63, 3.8) is 0 Å². The zero-order valence-electron chi connectivity index (χ0n) is 12.1. The number of carbonyl (C=O) groups is 1. The van der Waals surface area contributed by atoms with Crippen molar-refractivity contribution >= 4 is 17.5 Å². The van der Waals surface area contributed by atoms with E-state index in [4.69, 9.17) is 11.6 Å². The Hall–Kier alpha value is -1.27. The molecular formula is C15H18ClF2N3O. The van der Waals surface area contributed by atoms with Gasteiger partial charge in [0.2, 0.25) is 11.9 Å². The van der Waals surface area contributed by atoms with Gasteiger partial charge in [0.15, 0.2) is 0 Å². The van der Waals surface area contributed by atoms with Crippen LogP contribution >= 0.6 is 11.6 Å². The molecule has 0 radical (unpaired) electrons. The van der Waals surface area contributed by atoms with Crippen LogP contribution in [0.25, 0.3) is 0 Å². The van der Waals surface area contributed by atoms with Crippen LogP contribution in [0.15, 0.2) is 12.3 Å². The van der Waals surface area contributed by atoms with Gasteiger partial charge in [-0.1, -0.05) is 11.6 Å². The fraction of sp³-hybridized carbons (Fsp3) is 0.600. The van der Waals surface area contributed by atoms with E-state index < -0.39 is 24.1 Å². The molecule has 7 heteroatoms. The quantitative estimate of drug-likeness (QED) is 0.863. The lowest BCUT2D eigenvalue weighted by atomic mass is 9.71. The summed E-state index contributed by atoms with van der Waals surface area (Å²) < 4.78 is 27.2. The van der Waals surface area contributed by atoms with Crippen LogP contribution in [0.4, 0.5) is 8.78 Å². The molecule has 1 aromatic rings. The molecule has 22 heavy (non-hydrogen) atoms. The lowest BCUT2D eigenvalue weighted by Crippen LogP contribution is -2.55. The monoisotopic (exact) mass is 329 g/mol. The highest BCUT2D eigenvalue weighted by Crippen LogP contribution is 2.40. The minimum atomic E-state index is -1.05. The Labute approximate surface area is 132 Å². The largest absolute Gasteiger partial charge is 0.346 e. The second-order valence-corrected chi connectivity index (χ2v) is 6.52. The molecule has 1 atom stereocenters. The Morgan fingerprint density at radius 3 is 2.64 bits per heavy atom. The summed E-state index contributed by atoms with van der Waals surface area (Å²) in [5.74, 6) is -0.989. The summed E-state index contributed by atoms with van der Waals surface area (Å²) in [7, 11) is 0. The molecular weight excluding hydrogens is 312 g/mol. The molecule has 3 aliphatic heterocycles. The number of hydrogen-bond donors (Lipinski definition) is 1. The third-order valence-electron chi connectivity index (χ3n) is 4.87. The van der Waals surface area contributed by atoms with Crippen molar-refractivity contribution in [2.24, 2.45) is 5.41 Å². The number of nitrogens with zero attached hydrogens (tertiary/aromatic N) is 2. The van der Waals surface area contributed by atoms with Gasteiger partial charge >= 0.3 is 0 Å². The van der Waals surface area contributed by atoms with E-state index in [0.717, 1.165) is 45.1 Å². The number of rotatable bonds is 4. The zero-order chi connectivity index (χ0) is 15.7. The van der Waals surface area contributed by atoms with Crippen molar-refractivity contribution in [3.05, 3.63) is 28.8 Å². The fourth-order valence-electron chi connectivity index (χ4n) is 3.36. The number of amides is 1. The van der Waals surface area contributed by atoms with E-state index in [9.17, 15) is 13.6 Å². The molecule has 0 unspecified atom stereocenters. The van der Waals surface area contributed by atoms with Crippen LogP contribution in [-0.4, -0.2) is 42.1 Å². The number of nitrogens with one attached hydrogen (secondary N) is 1. The summed E-state index contributed by atoms with van der Waals surface area (Å²) in [6.45, 7) is 1.77. The number of aromatic nitrogens is 1. The number of hydrogen-bond acceptors (Lipinski definition) is 3. The zero-order valence-corrected chi connectivity index (χ0v) is 12.9. The highest BCUT2D eigenvalue weighted by Gasteiger charge is 2.45. The van der Waals surface area contributed by atoms with Crippen LogP contribution < -0.4 is 5.32 Å². The minimum Gasteiger partial charge on any atom is -0.346 e. The maximum atomic E-state index is 13.8. The van der Waals surface area contributed by atoms with Crippen molar-refractivity contribution in [1.29, 1.82) is 0 Å². The minimum absolute atomic E-state index is 0.00649. The van der Waals surface area contributed by atoms with E-state index >= 15 is 0 Å². The third-order valence-corrected chi connectivity index (χ3v) is 5.08. The van der Waals surface area contributed by atoms with Crippen LogP contribution in [0.2, 0.25) is 5.02 Å². The Bertz CT molecular complexity index is 562. The number of halogens is 3. The van der Waals surface area contributed by atoms with Gasteiger partial charge in [-0.05, 0) is 45.0 Å². The van der Waals surface area contributed by atoms with E-state index in [1.807, 2.05) is 0 Å². The molecule has 2 bridgehead atoms. The summed E-state index contributed by atoms with van der Waals surface area (Å²) in [5.41, 5.74) is -0.446. The first kappa shape index (κ1) is 15.6. The van der Waals surface area contributed by atoms with Crippen LogP contribution in [-0.2, 0) is 4.79 Å². The van der Waals surface area contributed by atoms with E-state index in [2.05, 4.69) is 15.2 Å². The van der Waals surface area contributed by atoms with E-state index in [-0.39, 0.29) is 16.5 Å². The molecule has 1 amide bonds. The lowest BCUT2D eigenvalue weighted by Gasteiger charge is -2.47. The second-order valence-electron chi connectivity index (χ2n) is 6.09. The molecule has 3 fully saturated rings. The highest BCUT2D eigenvalue weighted by atomic mass is 35.5. The molecule has 1 N–H and O–H groups in total. The Kier molecular flexibility index (Phi) is 4.32. The van der Waals surface area contributed by atoms with Crippen LogP contribution in [0, 0.1) is 11.4 Å². The lowest BCUT2D eigenvalue weighted by molar-refractivity contribution is -0.139. The molecule has 3 saturated heterocycles. The highest BCUT2D eigenvalue weighted by molar-refractivity contribution is 6.30. The summed E-state index contributed by atoms with van der Waals surface area (Å²) in [5, 5.41) is 2.88. The van der Waals surface area contributed by atoms with Gasteiger partial charge in [-0.25, -0.2) is 9.37 Å². The number of fused-ring (bicyclic) bond motifs is 3. The topological polar surface area (TPSA) is 45.2 Å². The van der Waals surface area contributed by atoms with Gasteiger partial charge in [-0.15, -0.1) is 0 Å². The second kappa shape index (κ2) is 6.08. The van der Waals surface area contributed by atoms with Gasteiger partial charge in [-0.3, -0.25) is 4.79 Å². The summed E-state index contributed by atoms with van der Waals surface area (Å²) in [4.78, 5) is 18.5. The number of pyridine rings is 1. The molecule has 0 saturated carbocycles. The van der Waals surface area contributed by atoms with Crippen molar-refractivity contribution in [2.75, 3.05) is 26.3 Å². The first-order valence-corrected chi connectivity index (χ1v) is 7.82. The Balaban J connectivity index is 1.77. The van der Waals surface area contributed by atoms with Crippen molar-refractivity contribution < 1.29 is 13.6 Å². The van der Waals surface area contributed by atoms with Gasteiger partial charge in [0.05, 0.1) is 16.5 Å². The van der Waals surface area contributed by atoms with Crippen molar-refractivity contribution in [2.45, 2.75) is 25.3 Å². The molecule has 4 heterocycles. The fourth-order valence-corrected chi connectivity index (χ4v) is 3.53. The molecule has 4 rings (SSSR count). The molecule has 1 aromatic heterocycles. The van der Waals surface area contributed by atoms with Crippen LogP contribution in [0.1, 0.15) is 30.9 Å². The molecule has 4 nitrogen and oxygen atoms in total. The average Bonchev–Trinajstić information content (AvgIpc) is 2.56. The molecule has 0 aromatic carbocycles. The Morgan fingerprint density at radius 1 is 1.41 bits per heavy atom. The average molecular weight is 330 g/mol. The molecule has 120 valence electrons. The van der Waals surface area contributed by atoms with Crippen molar-refractivity contribution in [3.8, 4) is 0 Å². The number of alkyl halides is 1. The van der Waals surface area contributed by atoms with E-state index in [1.54, 1.807) is 0 Å². The SMILES string of the molecule is O=C(N[C@@H](CF)c1cc(Cl)cnc1F)C12CCN(CC1)CC2. The van der Waals surface area contributed by atoms with Gasteiger partial charge < -0.3 is 10.2 Å². The van der Waals surface area contributed by atoms with Gasteiger partial charge in [0.1, 0.15) is 6.67 Å². The van der Waals surface area contributed by atoms with Crippen molar-refractivity contribution in [1.82, 2.24) is 15.2 Å². The van der Waals surface area contributed by atoms with Crippen LogP contribution in [0.3, 0.4) is 0 Å². The number of piperidine rings is 3. The molecule has 0 aliphatic carbocycles. The van der Waals surface area contributed by atoms with Gasteiger partial charge in [0.25, 0.3) is 0 Å². The first-order chi connectivity index (χ1) is 10.5. The predicted octanol–water partition coefficient (Wildman–Crippen LogP) is 2.49. The van der Waals surface area contributed by atoms with Gasteiger partial charge in [-0.2, -0.15) is 4.39 Å². The van der Waals surface area contributed by atoms with E-state index in [0.29, 0.717) is 0 Å². The number of carbonyl (C=O) groups excluding carboxylic acids is 1. The maximum Gasteiger partial charge on any atom is 0.226 e. The standard InChI is InChI=1S/C15H18ClF2N3O/c16-10-7-11(13(18)19-9-10)12(8-17)20-14(22)15-1-4-21(5-2-15)6-3-15/h7,9,12H,1-6,8H2,(H,20,22)/t12-/m0/s1. The van der Waals surface area contributed by atoms with Gasteiger partial charge in [0, 0.05) is 11.8 Å². The maximum absolute atomic E-state index is 13.8. The van der Waals surface area contributed by atoms with E-state index in [1.165, 1.54) is 6.07 Å². The summed E-state index contributed by atoms with van der Waals surface area (Å²) >= 11 is 5.79. The normalized spacial score (nSPS) is 28.4. The molecule has 0 spiro atoms. The third kappa shape index (κ3) is 2.82. The first-order valence-electron chi connectivity index (χ1n) is 7.44. The molecule has 3 aliphatic rings. The Morgan fingerprint density at radius 2 is 2.05 bits per heavy atom. The van der Waals surface area contributed by atoms with Crippen LogP contribution in [0.5, 0.6) is 0 Å². The summed E-state index contributed by atoms with van der Waals surface area (Å²) in [6, 6.07) is 0.267. The predicted molar refractivity (Wildman–Crippen MR) is 78.8 cm³/mol.